The van der Waals surface area contributed by atoms with E-state index in [4.69, 9.17) is 0 Å². The predicted octanol–water partition coefficient (Wildman–Crippen LogP) is 1.78. The highest BCUT2D eigenvalue weighted by Gasteiger charge is 2.19. The molecule has 0 unspecified atom stereocenters. The van der Waals surface area contributed by atoms with Crippen LogP contribution in [0.1, 0.15) is 16.1 Å². The van der Waals surface area contributed by atoms with E-state index in [-0.39, 0.29) is 23.3 Å². The summed E-state index contributed by atoms with van der Waals surface area (Å²) in [5, 5.41) is 10.2. The highest BCUT2D eigenvalue weighted by atomic mass is 19.1. The second-order valence-corrected chi connectivity index (χ2v) is 5.63. The molecule has 9 heteroatoms. The van der Waals surface area contributed by atoms with Gasteiger partial charge in [-0.25, -0.2) is 13.3 Å². The number of nitrogens with zero attached hydrogens (tertiary/aromatic N) is 3. The largest absolute Gasteiger partial charge is 0.346 e. The van der Waals surface area contributed by atoms with Crippen molar-refractivity contribution in [3.05, 3.63) is 75.7 Å². The first-order chi connectivity index (χ1) is 12.5. The van der Waals surface area contributed by atoms with Gasteiger partial charge in [0.2, 0.25) is 0 Å². The summed E-state index contributed by atoms with van der Waals surface area (Å²) >= 11 is 0. The zero-order chi connectivity index (χ0) is 18.3. The maximum atomic E-state index is 13.3. The Morgan fingerprint density at radius 1 is 1.15 bits per heavy atom. The number of nitrogens with one attached hydrogen (secondary N) is 2. The van der Waals surface area contributed by atoms with Gasteiger partial charge in [0.05, 0.1) is 11.0 Å². The molecular weight excluding hydrogens is 344 g/mol. The SMILES string of the molecule is O=C(NCc1cccc(F)c1)c1nnn2c1c(=O)[nH]c1cc(F)ccc12. The minimum absolute atomic E-state index is 0.0548. The Morgan fingerprint density at radius 3 is 2.77 bits per heavy atom. The Kier molecular flexibility index (Phi) is 3.68. The molecule has 2 aromatic carbocycles. The number of halogens is 2. The third kappa shape index (κ3) is 2.69. The molecule has 0 aliphatic heterocycles. The fourth-order valence-electron chi connectivity index (χ4n) is 2.69. The van der Waals surface area contributed by atoms with Crippen LogP contribution < -0.4 is 10.9 Å². The molecule has 2 heterocycles. The number of H-pyrrole nitrogens is 1. The Labute approximate surface area is 144 Å². The number of carbonyl (C=O) groups is 1. The highest BCUT2D eigenvalue weighted by Crippen LogP contribution is 2.14. The summed E-state index contributed by atoms with van der Waals surface area (Å²) in [7, 11) is 0. The van der Waals surface area contributed by atoms with Gasteiger partial charge in [-0.2, -0.15) is 0 Å². The van der Waals surface area contributed by atoms with Gasteiger partial charge in [-0.3, -0.25) is 9.59 Å². The van der Waals surface area contributed by atoms with Gasteiger partial charge in [-0.05, 0) is 35.9 Å². The van der Waals surface area contributed by atoms with Crippen LogP contribution in [-0.4, -0.2) is 25.7 Å². The van der Waals surface area contributed by atoms with E-state index >= 15 is 0 Å². The number of rotatable bonds is 3. The van der Waals surface area contributed by atoms with E-state index < -0.39 is 23.1 Å². The van der Waals surface area contributed by atoms with Crippen molar-refractivity contribution in [3.63, 3.8) is 0 Å². The highest BCUT2D eigenvalue weighted by molar-refractivity contribution is 5.99. The standard InChI is InChI=1S/C17H11F2N5O2/c18-10-3-1-2-9(6-10)8-20-16(25)14-15-17(26)21-12-7-11(19)4-5-13(12)24(15)23-22-14/h1-7H,8H2,(H,20,25)(H,21,26). The van der Waals surface area contributed by atoms with E-state index in [1.54, 1.807) is 6.07 Å². The maximum Gasteiger partial charge on any atom is 0.277 e. The van der Waals surface area contributed by atoms with E-state index in [0.717, 1.165) is 6.07 Å². The van der Waals surface area contributed by atoms with Gasteiger partial charge in [-0.15, -0.1) is 5.10 Å². The van der Waals surface area contributed by atoms with Gasteiger partial charge in [0.15, 0.2) is 11.2 Å². The average molecular weight is 355 g/mol. The normalized spacial score (nSPS) is 11.2. The molecule has 0 fully saturated rings. The Bertz CT molecular complexity index is 1210. The zero-order valence-electron chi connectivity index (χ0n) is 13.2. The zero-order valence-corrected chi connectivity index (χ0v) is 13.2. The third-order valence-corrected chi connectivity index (χ3v) is 3.88. The summed E-state index contributed by atoms with van der Waals surface area (Å²) in [5.41, 5.74) is 0.347. The van der Waals surface area contributed by atoms with Crippen LogP contribution >= 0.6 is 0 Å². The van der Waals surface area contributed by atoms with Gasteiger partial charge in [0.25, 0.3) is 11.5 Å². The lowest BCUT2D eigenvalue weighted by molar-refractivity contribution is 0.0947. The molecule has 0 aliphatic rings. The minimum Gasteiger partial charge on any atom is -0.346 e. The number of aromatic amines is 1. The van der Waals surface area contributed by atoms with Crippen molar-refractivity contribution in [1.29, 1.82) is 0 Å². The minimum atomic E-state index is -0.628. The van der Waals surface area contributed by atoms with Gasteiger partial charge in [0, 0.05) is 6.54 Å². The van der Waals surface area contributed by atoms with E-state index in [9.17, 15) is 18.4 Å². The number of carbonyl (C=O) groups excluding carboxylic acids is 1. The molecule has 130 valence electrons. The summed E-state index contributed by atoms with van der Waals surface area (Å²) in [6.45, 7) is 0.0618. The molecule has 0 radical (unpaired) electrons. The van der Waals surface area contributed by atoms with E-state index in [2.05, 4.69) is 20.6 Å². The van der Waals surface area contributed by atoms with Crippen molar-refractivity contribution in [2.75, 3.05) is 0 Å². The molecule has 1 amide bonds. The van der Waals surface area contributed by atoms with Gasteiger partial charge in [0.1, 0.15) is 11.6 Å². The third-order valence-electron chi connectivity index (χ3n) is 3.88. The van der Waals surface area contributed by atoms with Gasteiger partial charge < -0.3 is 10.3 Å². The molecule has 0 saturated heterocycles. The molecule has 2 aromatic heterocycles. The van der Waals surface area contributed by atoms with Crippen molar-refractivity contribution >= 4 is 22.5 Å². The Morgan fingerprint density at radius 2 is 1.96 bits per heavy atom. The lowest BCUT2D eigenvalue weighted by Gasteiger charge is -2.04. The topological polar surface area (TPSA) is 92.2 Å². The van der Waals surface area contributed by atoms with Crippen LogP contribution in [0.15, 0.2) is 47.3 Å². The van der Waals surface area contributed by atoms with Crippen molar-refractivity contribution < 1.29 is 13.6 Å². The second kappa shape index (κ2) is 6.03. The van der Waals surface area contributed by atoms with Crippen molar-refractivity contribution in [3.8, 4) is 0 Å². The molecule has 2 N–H and O–H groups in total. The quantitative estimate of drug-likeness (QED) is 0.586. The first-order valence-corrected chi connectivity index (χ1v) is 7.62. The first kappa shape index (κ1) is 15.9. The molecule has 4 rings (SSSR count). The molecule has 26 heavy (non-hydrogen) atoms. The number of aromatic nitrogens is 4. The van der Waals surface area contributed by atoms with E-state index in [1.807, 2.05) is 0 Å². The summed E-state index contributed by atoms with van der Waals surface area (Å²) in [5.74, 6) is -1.56. The number of benzene rings is 2. The van der Waals surface area contributed by atoms with Crippen LogP contribution in [0.5, 0.6) is 0 Å². The van der Waals surface area contributed by atoms with Crippen LogP contribution in [0, 0.1) is 11.6 Å². The fourth-order valence-corrected chi connectivity index (χ4v) is 2.69. The maximum absolute atomic E-state index is 13.3. The Hall–Kier alpha value is -3.62. The van der Waals surface area contributed by atoms with Crippen LogP contribution in [0.25, 0.3) is 16.6 Å². The summed E-state index contributed by atoms with van der Waals surface area (Å²) in [6, 6.07) is 9.57. The van der Waals surface area contributed by atoms with Crippen molar-refractivity contribution in [1.82, 2.24) is 25.1 Å². The van der Waals surface area contributed by atoms with Crippen molar-refractivity contribution in [2.24, 2.45) is 0 Å². The molecule has 0 bridgehead atoms. The second-order valence-electron chi connectivity index (χ2n) is 5.63. The lowest BCUT2D eigenvalue weighted by atomic mass is 10.2. The molecule has 4 aromatic rings. The number of hydrogen-bond acceptors (Lipinski definition) is 4. The number of amides is 1. The van der Waals surface area contributed by atoms with Gasteiger partial charge >= 0.3 is 0 Å². The predicted molar refractivity (Wildman–Crippen MR) is 88.6 cm³/mol. The van der Waals surface area contributed by atoms with E-state index in [0.29, 0.717) is 11.1 Å². The van der Waals surface area contributed by atoms with Crippen molar-refractivity contribution in [2.45, 2.75) is 6.54 Å². The summed E-state index contributed by atoms with van der Waals surface area (Å²) in [4.78, 5) is 27.2. The smallest absolute Gasteiger partial charge is 0.277 e. The van der Waals surface area contributed by atoms with Crippen LogP contribution in [0.4, 0.5) is 8.78 Å². The van der Waals surface area contributed by atoms with Crippen LogP contribution in [0.2, 0.25) is 0 Å². The average Bonchev–Trinajstić information content (AvgIpc) is 3.05. The number of hydrogen-bond donors (Lipinski definition) is 2. The first-order valence-electron chi connectivity index (χ1n) is 7.62. The van der Waals surface area contributed by atoms with Crippen LogP contribution in [0.3, 0.4) is 0 Å². The van der Waals surface area contributed by atoms with E-state index in [1.165, 1.54) is 34.8 Å². The Balaban J connectivity index is 1.71. The fraction of sp³-hybridized carbons (Fsp3) is 0.0588. The monoisotopic (exact) mass is 355 g/mol. The summed E-state index contributed by atoms with van der Waals surface area (Å²) in [6.07, 6.45) is 0. The molecule has 7 nitrogen and oxygen atoms in total. The van der Waals surface area contributed by atoms with Crippen LogP contribution in [-0.2, 0) is 6.54 Å². The molecular formula is C17H11F2N5O2. The molecule has 0 atom stereocenters. The lowest BCUT2D eigenvalue weighted by Crippen LogP contribution is -2.25. The van der Waals surface area contributed by atoms with Gasteiger partial charge in [-0.1, -0.05) is 17.3 Å². The summed E-state index contributed by atoms with van der Waals surface area (Å²) < 4.78 is 27.7. The number of fused-ring (bicyclic) bond motifs is 3. The molecule has 0 saturated carbocycles. The molecule has 0 aliphatic carbocycles. The molecule has 0 spiro atoms.